The smallest absolute Gasteiger partial charge is 0.404 e. The van der Waals surface area contributed by atoms with Gasteiger partial charge in [0.1, 0.15) is 6.04 Å². The molecule has 0 spiro atoms. The molecule has 0 radical (unpaired) electrons. The van der Waals surface area contributed by atoms with Crippen molar-refractivity contribution >= 4 is 24.9 Å². The summed E-state index contributed by atoms with van der Waals surface area (Å²) in [5, 5.41) is 9.32. The highest BCUT2D eigenvalue weighted by Crippen LogP contribution is 2.65. The van der Waals surface area contributed by atoms with Crippen LogP contribution in [0.2, 0.25) is 0 Å². The number of amides is 2. The highest BCUT2D eigenvalue weighted by atomic mass is 16.7. The van der Waals surface area contributed by atoms with Crippen LogP contribution in [0.3, 0.4) is 0 Å². The zero-order valence-corrected chi connectivity index (χ0v) is 28.2. The van der Waals surface area contributed by atoms with Crippen LogP contribution in [0, 0.1) is 23.2 Å². The molecule has 2 bridgehead atoms. The molecule has 1 aromatic carbocycles. The zero-order valence-electron chi connectivity index (χ0n) is 28.2. The SMILES string of the molecule is CN=C(N)NCCC[C@H](NC(=O)CCc1ccc(C(C)C)cc1)C(=O)N[C@@H](CC(C)C)B1O[C@@H]2C[C@@H]3C[C@@H](C3(C)C)[C@]2(C)O1. The van der Waals surface area contributed by atoms with E-state index in [0.29, 0.717) is 61.9 Å². The molecule has 0 unspecified atom stereocenters. The van der Waals surface area contributed by atoms with E-state index in [1.807, 2.05) is 0 Å². The minimum Gasteiger partial charge on any atom is -0.404 e. The van der Waals surface area contributed by atoms with Gasteiger partial charge in [0, 0.05) is 20.0 Å². The second kappa shape index (κ2) is 14.2. The number of nitrogens with zero attached hydrogens (tertiary/aromatic N) is 1. The van der Waals surface area contributed by atoms with Crippen molar-refractivity contribution in [2.75, 3.05) is 13.6 Å². The van der Waals surface area contributed by atoms with Crippen LogP contribution in [0.1, 0.15) is 104 Å². The summed E-state index contributed by atoms with van der Waals surface area (Å²) in [5.41, 5.74) is 8.06. The van der Waals surface area contributed by atoms with Gasteiger partial charge in [0.25, 0.3) is 0 Å². The van der Waals surface area contributed by atoms with Crippen molar-refractivity contribution in [2.24, 2.45) is 33.9 Å². The Morgan fingerprint density at radius 1 is 1.09 bits per heavy atom. The molecule has 5 rings (SSSR count). The first-order valence-corrected chi connectivity index (χ1v) is 16.7. The summed E-state index contributed by atoms with van der Waals surface area (Å²) < 4.78 is 13.3. The fourth-order valence-electron chi connectivity index (χ4n) is 7.56. The molecule has 6 atom stereocenters. The number of nitrogens with one attached hydrogen (secondary N) is 3. The topological polar surface area (TPSA) is 127 Å². The Morgan fingerprint density at radius 2 is 1.80 bits per heavy atom. The first kappa shape index (κ1) is 34.3. The molecule has 2 amide bonds. The molecule has 1 aromatic rings. The Morgan fingerprint density at radius 3 is 2.41 bits per heavy atom. The van der Waals surface area contributed by atoms with Crippen LogP contribution in [0.25, 0.3) is 0 Å². The second-order valence-corrected chi connectivity index (χ2v) is 14.8. The van der Waals surface area contributed by atoms with Crippen LogP contribution in [-0.2, 0) is 25.3 Å². The number of aliphatic imine (C=N–C) groups is 1. The van der Waals surface area contributed by atoms with E-state index in [0.717, 1.165) is 18.4 Å². The molecule has 4 aliphatic rings. The predicted molar refractivity (Wildman–Crippen MR) is 177 cm³/mol. The first-order valence-electron chi connectivity index (χ1n) is 16.7. The lowest BCUT2D eigenvalue weighted by atomic mass is 9.43. The van der Waals surface area contributed by atoms with E-state index in [9.17, 15) is 9.59 Å². The number of aryl methyl sites for hydroxylation is 1. The molecule has 1 saturated heterocycles. The van der Waals surface area contributed by atoms with Crippen molar-refractivity contribution in [3.63, 3.8) is 0 Å². The van der Waals surface area contributed by atoms with Gasteiger partial charge < -0.3 is 31.0 Å². The normalized spacial score (nSPS) is 27.0. The number of benzene rings is 1. The average Bonchev–Trinajstić information content (AvgIpc) is 3.34. The highest BCUT2D eigenvalue weighted by molar-refractivity contribution is 6.48. The number of rotatable bonds is 14. The number of carbonyl (C=O) groups excluding carboxylic acids is 2. The van der Waals surface area contributed by atoms with Gasteiger partial charge in [0.2, 0.25) is 11.8 Å². The lowest BCUT2D eigenvalue weighted by molar-refractivity contribution is -0.199. The molecule has 1 heterocycles. The van der Waals surface area contributed by atoms with Crippen LogP contribution in [0.15, 0.2) is 29.3 Å². The summed E-state index contributed by atoms with van der Waals surface area (Å²) in [4.78, 5) is 30.9. The minimum absolute atomic E-state index is 0.0395. The molecule has 3 saturated carbocycles. The Labute approximate surface area is 265 Å². The van der Waals surface area contributed by atoms with Crippen molar-refractivity contribution in [3.05, 3.63) is 35.4 Å². The quantitative estimate of drug-likeness (QED) is 0.108. The largest absolute Gasteiger partial charge is 0.481 e. The summed E-state index contributed by atoms with van der Waals surface area (Å²) in [6.45, 7) is 16.1. The van der Waals surface area contributed by atoms with Gasteiger partial charge in [-0.2, -0.15) is 0 Å². The van der Waals surface area contributed by atoms with Crippen molar-refractivity contribution in [3.8, 4) is 0 Å². The molecule has 244 valence electrons. The molecule has 44 heavy (non-hydrogen) atoms. The molecular weight excluding hydrogens is 553 g/mol. The molecule has 4 fully saturated rings. The number of guanidine groups is 1. The van der Waals surface area contributed by atoms with Crippen molar-refractivity contribution in [2.45, 2.75) is 123 Å². The lowest BCUT2D eigenvalue weighted by Gasteiger charge is -2.64. The van der Waals surface area contributed by atoms with Gasteiger partial charge in [-0.1, -0.05) is 65.8 Å². The fraction of sp³-hybridized carbons (Fsp3) is 0.735. The third kappa shape index (κ3) is 7.79. The summed E-state index contributed by atoms with van der Waals surface area (Å²) in [6.07, 6.45) is 4.94. The third-order valence-corrected chi connectivity index (χ3v) is 10.5. The van der Waals surface area contributed by atoms with E-state index >= 15 is 0 Å². The summed E-state index contributed by atoms with van der Waals surface area (Å²) in [6, 6.07) is 7.72. The van der Waals surface area contributed by atoms with E-state index in [4.69, 9.17) is 15.0 Å². The van der Waals surface area contributed by atoms with E-state index in [1.54, 1.807) is 7.05 Å². The number of carbonyl (C=O) groups is 2. The number of nitrogens with two attached hydrogens (primary N) is 1. The van der Waals surface area contributed by atoms with E-state index in [-0.39, 0.29) is 34.9 Å². The Balaban J connectivity index is 1.41. The number of hydrogen-bond acceptors (Lipinski definition) is 5. The predicted octanol–water partition coefficient (Wildman–Crippen LogP) is 4.34. The molecule has 10 heteroatoms. The minimum atomic E-state index is -0.687. The van der Waals surface area contributed by atoms with Gasteiger partial charge >= 0.3 is 7.12 Å². The van der Waals surface area contributed by atoms with Crippen LogP contribution < -0.4 is 21.7 Å². The van der Waals surface area contributed by atoms with Crippen LogP contribution in [0.5, 0.6) is 0 Å². The Hall–Kier alpha value is -2.59. The summed E-state index contributed by atoms with van der Waals surface area (Å²) in [5.74, 6) is 1.56. The van der Waals surface area contributed by atoms with Crippen LogP contribution >= 0.6 is 0 Å². The highest BCUT2D eigenvalue weighted by Gasteiger charge is 2.68. The monoisotopic (exact) mass is 609 g/mol. The van der Waals surface area contributed by atoms with Crippen molar-refractivity contribution in [1.29, 1.82) is 0 Å². The lowest BCUT2D eigenvalue weighted by Crippen LogP contribution is -2.65. The van der Waals surface area contributed by atoms with Crippen molar-refractivity contribution < 1.29 is 18.9 Å². The molecule has 1 aliphatic heterocycles. The molecule has 3 aliphatic carbocycles. The average molecular weight is 610 g/mol. The van der Waals surface area contributed by atoms with E-state index < -0.39 is 13.2 Å². The number of hydrogen-bond donors (Lipinski definition) is 4. The first-order chi connectivity index (χ1) is 20.7. The van der Waals surface area contributed by atoms with Crippen molar-refractivity contribution in [1.82, 2.24) is 16.0 Å². The molecular formula is C34H56BN5O4. The van der Waals surface area contributed by atoms with Crippen LogP contribution in [0.4, 0.5) is 0 Å². The summed E-state index contributed by atoms with van der Waals surface area (Å²) >= 11 is 0. The zero-order chi connectivity index (χ0) is 32.2. The molecule has 5 N–H and O–H groups in total. The van der Waals surface area contributed by atoms with Gasteiger partial charge in [0.15, 0.2) is 5.96 Å². The maximum absolute atomic E-state index is 13.9. The van der Waals surface area contributed by atoms with Gasteiger partial charge in [-0.3, -0.25) is 14.6 Å². The Kier molecular flexibility index (Phi) is 11.1. The molecule has 0 aromatic heterocycles. The van der Waals surface area contributed by atoms with Gasteiger partial charge in [-0.15, -0.1) is 0 Å². The van der Waals surface area contributed by atoms with Gasteiger partial charge in [-0.25, -0.2) is 0 Å². The van der Waals surface area contributed by atoms with Gasteiger partial charge in [-0.05, 0) is 85.7 Å². The standard InChI is InChI=1S/C34H56BN5O4/c1-21(2)18-29(35-43-28-20-25-19-27(33(25,5)6)34(28,7)44-35)40-31(42)26(10-9-17-38-32(36)37-8)39-30(41)16-13-23-11-14-24(15-12-23)22(3)4/h11-12,14-15,21-22,25-29H,9-10,13,16-20H2,1-8H3,(H,39,41)(H,40,42)(H3,36,37,38)/t25-,26-,27-,28+,29-,34-/m0/s1. The van der Waals surface area contributed by atoms with E-state index in [2.05, 4.69) is 93.7 Å². The molecule has 9 nitrogen and oxygen atoms in total. The van der Waals surface area contributed by atoms with E-state index in [1.165, 1.54) is 12.0 Å². The van der Waals surface area contributed by atoms with Crippen LogP contribution in [-0.4, -0.2) is 62.2 Å². The Bertz CT molecular complexity index is 1170. The maximum Gasteiger partial charge on any atom is 0.481 e. The second-order valence-electron chi connectivity index (χ2n) is 14.8. The van der Waals surface area contributed by atoms with Gasteiger partial charge in [0.05, 0.1) is 17.6 Å². The summed E-state index contributed by atoms with van der Waals surface area (Å²) in [7, 11) is 1.11. The fourth-order valence-corrected chi connectivity index (χ4v) is 7.56. The maximum atomic E-state index is 13.9. The third-order valence-electron chi connectivity index (χ3n) is 10.5.